The van der Waals surface area contributed by atoms with Gasteiger partial charge < -0.3 is 9.64 Å². The predicted molar refractivity (Wildman–Crippen MR) is 55.6 cm³/mol. The van der Waals surface area contributed by atoms with Gasteiger partial charge in [0.2, 0.25) is 0 Å². The molecule has 0 bridgehead atoms. The zero-order valence-corrected chi connectivity index (χ0v) is 9.18. The van der Waals surface area contributed by atoms with E-state index in [2.05, 4.69) is 25.7 Å². The summed E-state index contributed by atoms with van der Waals surface area (Å²) >= 11 is 0. The molecule has 2 heteroatoms. The molecule has 0 saturated carbocycles. The van der Waals surface area contributed by atoms with Gasteiger partial charge in [-0.25, -0.2) is 0 Å². The van der Waals surface area contributed by atoms with Crippen LogP contribution in [-0.4, -0.2) is 37.2 Å². The van der Waals surface area contributed by atoms with Gasteiger partial charge in [0.1, 0.15) is 0 Å². The fourth-order valence-corrected chi connectivity index (χ4v) is 1.99. The largest absolute Gasteiger partial charge is 0.378 e. The first kappa shape index (κ1) is 11.0. The molecule has 1 atom stereocenters. The third kappa shape index (κ3) is 2.68. The number of hydrogen-bond acceptors (Lipinski definition) is 2. The minimum atomic E-state index is 0.0217. The molecule has 0 unspecified atom stereocenters. The quantitative estimate of drug-likeness (QED) is 0.665. The van der Waals surface area contributed by atoms with E-state index in [-0.39, 0.29) is 5.60 Å². The highest BCUT2D eigenvalue weighted by Gasteiger charge is 2.32. The Kier molecular flexibility index (Phi) is 3.74. The molecular formula is C11H22NO. The maximum absolute atomic E-state index is 5.52. The lowest BCUT2D eigenvalue weighted by Crippen LogP contribution is -2.45. The maximum atomic E-state index is 5.52. The summed E-state index contributed by atoms with van der Waals surface area (Å²) in [5, 5.41) is 0. The SMILES string of the molecule is [CH2]CN1CCC[C@@H](C(C)(C)OC)C1. The Morgan fingerprint density at radius 3 is 2.77 bits per heavy atom. The van der Waals surface area contributed by atoms with Crippen LogP contribution in [0.1, 0.15) is 26.7 Å². The molecule has 1 aliphatic heterocycles. The second kappa shape index (κ2) is 4.43. The third-order valence-corrected chi connectivity index (χ3v) is 3.33. The van der Waals surface area contributed by atoms with Gasteiger partial charge in [0.25, 0.3) is 0 Å². The van der Waals surface area contributed by atoms with Crippen LogP contribution in [0.3, 0.4) is 0 Å². The van der Waals surface area contributed by atoms with Crippen molar-refractivity contribution in [2.45, 2.75) is 32.3 Å². The lowest BCUT2D eigenvalue weighted by Gasteiger charge is -2.40. The van der Waals surface area contributed by atoms with Crippen LogP contribution >= 0.6 is 0 Å². The first-order chi connectivity index (χ1) is 6.10. The highest BCUT2D eigenvalue weighted by molar-refractivity contribution is 4.85. The molecule has 0 aromatic heterocycles. The first-order valence-corrected chi connectivity index (χ1v) is 5.17. The number of likely N-dealkylation sites (tertiary alicyclic amines) is 1. The third-order valence-electron chi connectivity index (χ3n) is 3.33. The van der Waals surface area contributed by atoms with Crippen LogP contribution in [0.15, 0.2) is 0 Å². The second-order valence-electron chi connectivity index (χ2n) is 4.45. The molecule has 1 aliphatic rings. The molecule has 0 aliphatic carbocycles. The Morgan fingerprint density at radius 2 is 2.23 bits per heavy atom. The van der Waals surface area contributed by atoms with Gasteiger partial charge in [-0.15, -0.1) is 0 Å². The zero-order valence-electron chi connectivity index (χ0n) is 9.18. The maximum Gasteiger partial charge on any atom is 0.0662 e. The van der Waals surface area contributed by atoms with Crippen LogP contribution in [0.4, 0.5) is 0 Å². The van der Waals surface area contributed by atoms with Crippen molar-refractivity contribution in [3.63, 3.8) is 0 Å². The summed E-state index contributed by atoms with van der Waals surface area (Å²) in [7, 11) is 1.81. The van der Waals surface area contributed by atoms with Crippen LogP contribution in [0.2, 0.25) is 0 Å². The summed E-state index contributed by atoms with van der Waals surface area (Å²) in [6, 6.07) is 0. The normalized spacial score (nSPS) is 26.3. The Bertz CT molecular complexity index is 156. The molecule has 77 valence electrons. The molecule has 0 amide bonds. The number of ether oxygens (including phenoxy) is 1. The van der Waals surface area contributed by atoms with E-state index in [9.17, 15) is 0 Å². The fraction of sp³-hybridized carbons (Fsp3) is 0.909. The molecule has 0 aromatic carbocycles. The lowest BCUT2D eigenvalue weighted by molar-refractivity contribution is -0.0513. The molecule has 0 aromatic rings. The summed E-state index contributed by atoms with van der Waals surface area (Å²) in [4.78, 5) is 2.41. The lowest BCUT2D eigenvalue weighted by atomic mass is 9.84. The van der Waals surface area contributed by atoms with Gasteiger partial charge in [-0.05, 0) is 46.7 Å². The van der Waals surface area contributed by atoms with E-state index < -0.39 is 0 Å². The van der Waals surface area contributed by atoms with Gasteiger partial charge in [0, 0.05) is 19.6 Å². The summed E-state index contributed by atoms with van der Waals surface area (Å²) in [5.41, 5.74) is 0.0217. The van der Waals surface area contributed by atoms with Crippen LogP contribution in [-0.2, 0) is 4.74 Å². The van der Waals surface area contributed by atoms with Gasteiger partial charge in [-0.2, -0.15) is 0 Å². The highest BCUT2D eigenvalue weighted by Crippen LogP contribution is 2.28. The highest BCUT2D eigenvalue weighted by atomic mass is 16.5. The molecule has 13 heavy (non-hydrogen) atoms. The number of piperidine rings is 1. The molecule has 1 heterocycles. The summed E-state index contributed by atoms with van der Waals surface area (Å²) in [6.45, 7) is 11.6. The van der Waals surface area contributed by atoms with Gasteiger partial charge >= 0.3 is 0 Å². The Labute approximate surface area is 82.3 Å². The summed E-state index contributed by atoms with van der Waals surface area (Å²) < 4.78 is 5.52. The number of methoxy groups -OCH3 is 1. The average molecular weight is 184 g/mol. The number of hydrogen-bond donors (Lipinski definition) is 0. The molecule has 1 rings (SSSR count). The minimum absolute atomic E-state index is 0.0217. The molecule has 1 fully saturated rings. The number of rotatable bonds is 3. The van der Waals surface area contributed by atoms with Crippen molar-refractivity contribution in [1.82, 2.24) is 4.90 Å². The molecule has 2 nitrogen and oxygen atoms in total. The van der Waals surface area contributed by atoms with Crippen molar-refractivity contribution in [2.24, 2.45) is 5.92 Å². The van der Waals surface area contributed by atoms with Crippen molar-refractivity contribution in [2.75, 3.05) is 26.7 Å². The van der Waals surface area contributed by atoms with Gasteiger partial charge in [-0.3, -0.25) is 0 Å². The van der Waals surface area contributed by atoms with Crippen LogP contribution < -0.4 is 0 Å². The molecule has 0 spiro atoms. The molecular weight excluding hydrogens is 162 g/mol. The van der Waals surface area contributed by atoms with Crippen molar-refractivity contribution in [1.29, 1.82) is 0 Å². The van der Waals surface area contributed by atoms with Crippen LogP contribution in [0, 0.1) is 12.8 Å². The van der Waals surface area contributed by atoms with E-state index in [0.29, 0.717) is 5.92 Å². The van der Waals surface area contributed by atoms with E-state index in [1.54, 1.807) is 0 Å². The van der Waals surface area contributed by atoms with Crippen molar-refractivity contribution in [3.8, 4) is 0 Å². The summed E-state index contributed by atoms with van der Waals surface area (Å²) in [5.74, 6) is 0.660. The van der Waals surface area contributed by atoms with E-state index >= 15 is 0 Å². The topological polar surface area (TPSA) is 12.5 Å². The fourth-order valence-electron chi connectivity index (χ4n) is 1.99. The Morgan fingerprint density at radius 1 is 1.54 bits per heavy atom. The standard InChI is InChI=1S/C11H22NO/c1-5-12-8-6-7-10(9-12)11(2,3)13-4/h10H,1,5-9H2,2-4H3/t10-/m1/s1. The van der Waals surface area contributed by atoms with Gasteiger partial charge in [0.15, 0.2) is 0 Å². The van der Waals surface area contributed by atoms with E-state index in [4.69, 9.17) is 4.74 Å². The Balaban J connectivity index is 2.50. The monoisotopic (exact) mass is 184 g/mol. The predicted octanol–water partition coefficient (Wildman–Crippen LogP) is 1.96. The van der Waals surface area contributed by atoms with Crippen molar-refractivity contribution in [3.05, 3.63) is 6.92 Å². The molecule has 1 radical (unpaired) electrons. The van der Waals surface area contributed by atoms with E-state index in [1.807, 2.05) is 7.11 Å². The second-order valence-corrected chi connectivity index (χ2v) is 4.45. The minimum Gasteiger partial charge on any atom is -0.378 e. The first-order valence-electron chi connectivity index (χ1n) is 5.17. The van der Waals surface area contributed by atoms with Gasteiger partial charge in [-0.1, -0.05) is 0 Å². The average Bonchev–Trinajstić information content (AvgIpc) is 2.18. The van der Waals surface area contributed by atoms with Crippen LogP contribution in [0.5, 0.6) is 0 Å². The Hall–Kier alpha value is -0.0800. The zero-order chi connectivity index (χ0) is 9.90. The summed E-state index contributed by atoms with van der Waals surface area (Å²) in [6.07, 6.45) is 2.57. The molecule has 1 saturated heterocycles. The van der Waals surface area contributed by atoms with Crippen LogP contribution in [0.25, 0.3) is 0 Å². The smallest absolute Gasteiger partial charge is 0.0662 e. The van der Waals surface area contributed by atoms with Crippen molar-refractivity contribution < 1.29 is 4.74 Å². The van der Waals surface area contributed by atoms with Crippen molar-refractivity contribution >= 4 is 0 Å². The molecule has 0 N–H and O–H groups in total. The number of nitrogens with zero attached hydrogens (tertiary/aromatic N) is 1. The van der Waals surface area contributed by atoms with E-state index in [0.717, 1.165) is 13.1 Å². The van der Waals surface area contributed by atoms with Gasteiger partial charge in [0.05, 0.1) is 5.60 Å². The van der Waals surface area contributed by atoms with E-state index in [1.165, 1.54) is 19.4 Å².